The summed E-state index contributed by atoms with van der Waals surface area (Å²) in [6.07, 6.45) is 1.81. The molecule has 1 saturated carbocycles. The molecule has 0 heterocycles. The van der Waals surface area contributed by atoms with E-state index in [-0.39, 0.29) is 11.6 Å². The zero-order chi connectivity index (χ0) is 18.7. The first-order valence-corrected chi connectivity index (χ1v) is 8.89. The second-order valence-corrected chi connectivity index (χ2v) is 6.97. The highest BCUT2D eigenvalue weighted by molar-refractivity contribution is 5.91. The number of hydrogen-bond acceptors (Lipinski definition) is 3. The average molecular weight is 354 g/mol. The van der Waals surface area contributed by atoms with Gasteiger partial charge < -0.3 is 20.1 Å². The highest BCUT2D eigenvalue weighted by atomic mass is 16.5. The lowest BCUT2D eigenvalue weighted by Gasteiger charge is -2.21. The van der Waals surface area contributed by atoms with Gasteiger partial charge in [-0.25, -0.2) is 4.79 Å². The summed E-state index contributed by atoms with van der Waals surface area (Å²) < 4.78 is 10.7. The highest BCUT2D eigenvalue weighted by Gasteiger charge is 2.46. The van der Waals surface area contributed by atoms with Crippen molar-refractivity contribution in [3.05, 3.63) is 53.6 Å². The fraction of sp³-hybridized carbons (Fsp3) is 0.381. The van der Waals surface area contributed by atoms with Crippen molar-refractivity contribution in [1.82, 2.24) is 5.32 Å². The van der Waals surface area contributed by atoms with Gasteiger partial charge in [0.2, 0.25) is 0 Å². The number of benzene rings is 2. The topological polar surface area (TPSA) is 59.6 Å². The summed E-state index contributed by atoms with van der Waals surface area (Å²) in [4.78, 5) is 12.6. The molecule has 0 saturated heterocycles. The van der Waals surface area contributed by atoms with Crippen molar-refractivity contribution in [2.75, 3.05) is 19.5 Å². The largest absolute Gasteiger partial charge is 0.493 e. The van der Waals surface area contributed by atoms with Crippen LogP contribution in [0, 0.1) is 0 Å². The van der Waals surface area contributed by atoms with Crippen LogP contribution < -0.4 is 20.1 Å². The van der Waals surface area contributed by atoms with Crippen molar-refractivity contribution in [1.29, 1.82) is 0 Å². The van der Waals surface area contributed by atoms with Crippen LogP contribution in [0.2, 0.25) is 0 Å². The number of carbonyl (C=O) groups excluding carboxylic acids is 1. The number of ether oxygens (including phenoxy) is 2. The third-order valence-electron chi connectivity index (χ3n) is 4.87. The molecule has 0 spiro atoms. The third-order valence-corrected chi connectivity index (χ3v) is 4.87. The molecule has 2 aromatic carbocycles. The van der Waals surface area contributed by atoms with Crippen LogP contribution in [-0.4, -0.2) is 20.3 Å². The number of urea groups is 1. The second-order valence-electron chi connectivity index (χ2n) is 6.97. The quantitative estimate of drug-likeness (QED) is 0.794. The maximum atomic E-state index is 12.6. The Morgan fingerprint density at radius 3 is 2.35 bits per heavy atom. The summed E-state index contributed by atoms with van der Waals surface area (Å²) in [5.41, 5.74) is 2.67. The Kier molecular flexibility index (Phi) is 5.07. The third kappa shape index (κ3) is 3.62. The van der Waals surface area contributed by atoms with E-state index in [1.54, 1.807) is 14.2 Å². The molecule has 0 radical (unpaired) electrons. The Morgan fingerprint density at radius 1 is 1.04 bits per heavy atom. The van der Waals surface area contributed by atoms with E-state index >= 15 is 0 Å². The fourth-order valence-electron chi connectivity index (χ4n) is 3.23. The molecular weight excluding hydrogens is 328 g/mol. The molecule has 5 nitrogen and oxygen atoms in total. The molecule has 0 bridgehead atoms. The van der Waals surface area contributed by atoms with Crippen molar-refractivity contribution in [2.24, 2.45) is 0 Å². The first-order valence-electron chi connectivity index (χ1n) is 8.89. The molecule has 2 aromatic rings. The van der Waals surface area contributed by atoms with Gasteiger partial charge in [0.05, 0.1) is 19.8 Å². The number of anilines is 1. The van der Waals surface area contributed by atoms with E-state index in [2.05, 4.69) is 24.5 Å². The number of amides is 2. The minimum absolute atomic E-state index is 0.189. The number of hydrogen-bond donors (Lipinski definition) is 2. The zero-order valence-corrected chi connectivity index (χ0v) is 15.8. The molecular formula is C21H26N2O3. The Balaban J connectivity index is 1.76. The lowest BCUT2D eigenvalue weighted by Crippen LogP contribution is -2.38. The van der Waals surface area contributed by atoms with Gasteiger partial charge in [0.25, 0.3) is 0 Å². The summed E-state index contributed by atoms with van der Waals surface area (Å²) in [7, 11) is 3.23. The minimum Gasteiger partial charge on any atom is -0.493 e. The van der Waals surface area contributed by atoms with Gasteiger partial charge in [0.1, 0.15) is 0 Å². The van der Waals surface area contributed by atoms with Gasteiger partial charge in [-0.1, -0.05) is 38.1 Å². The predicted octanol–water partition coefficient (Wildman–Crippen LogP) is 4.64. The Hall–Kier alpha value is -2.69. The first-order chi connectivity index (χ1) is 12.5. The number of carbonyl (C=O) groups is 1. The van der Waals surface area contributed by atoms with E-state index < -0.39 is 0 Å². The van der Waals surface area contributed by atoms with Crippen molar-refractivity contribution in [3.8, 4) is 11.5 Å². The van der Waals surface area contributed by atoms with Crippen molar-refractivity contribution in [3.63, 3.8) is 0 Å². The van der Waals surface area contributed by atoms with Gasteiger partial charge in [-0.3, -0.25) is 0 Å². The van der Waals surface area contributed by atoms with Crippen LogP contribution in [0.5, 0.6) is 11.5 Å². The Labute approximate surface area is 154 Å². The molecule has 1 aliphatic rings. The highest BCUT2D eigenvalue weighted by Crippen LogP contribution is 2.47. The molecule has 1 fully saturated rings. The standard InChI is InChI=1S/C21H26N2O3/c1-14(2)16-7-5-6-8-17(16)22-20(24)23-21(11-12-21)15-9-10-18(25-3)19(13-15)26-4/h5-10,13-14H,11-12H2,1-4H3,(H2,22,23,24). The van der Waals surface area contributed by atoms with Gasteiger partial charge in [-0.15, -0.1) is 0 Å². The van der Waals surface area contributed by atoms with Crippen LogP contribution >= 0.6 is 0 Å². The number of nitrogens with one attached hydrogen (secondary N) is 2. The SMILES string of the molecule is COc1ccc(C2(NC(=O)Nc3ccccc3C(C)C)CC2)cc1OC. The van der Waals surface area contributed by atoms with Crippen molar-refractivity contribution < 1.29 is 14.3 Å². The van der Waals surface area contributed by atoms with Crippen molar-refractivity contribution in [2.45, 2.75) is 38.1 Å². The lowest BCUT2D eigenvalue weighted by molar-refractivity contribution is 0.247. The normalized spacial score (nSPS) is 14.7. The van der Waals surface area contributed by atoms with Gasteiger partial charge >= 0.3 is 6.03 Å². The molecule has 0 atom stereocenters. The van der Waals surface area contributed by atoms with Gasteiger partial charge in [0.15, 0.2) is 11.5 Å². The van der Waals surface area contributed by atoms with Crippen molar-refractivity contribution >= 4 is 11.7 Å². The molecule has 3 rings (SSSR count). The molecule has 0 aliphatic heterocycles. The molecule has 5 heteroatoms. The average Bonchev–Trinajstić information content (AvgIpc) is 3.41. The van der Waals surface area contributed by atoms with Crippen LogP contribution in [0.25, 0.3) is 0 Å². The number of para-hydroxylation sites is 1. The minimum atomic E-state index is -0.337. The fourth-order valence-corrected chi connectivity index (χ4v) is 3.23. The van der Waals surface area contributed by atoms with E-state index in [0.717, 1.165) is 29.7 Å². The molecule has 2 amide bonds. The van der Waals surface area contributed by atoms with E-state index in [4.69, 9.17) is 9.47 Å². The molecule has 0 unspecified atom stereocenters. The van der Waals surface area contributed by atoms with Crippen LogP contribution in [0.4, 0.5) is 10.5 Å². The van der Waals surface area contributed by atoms with Gasteiger partial charge in [-0.2, -0.15) is 0 Å². The first kappa shape index (κ1) is 18.1. The van der Waals surface area contributed by atoms with Crippen LogP contribution in [-0.2, 0) is 5.54 Å². The number of rotatable bonds is 6. The van der Waals surface area contributed by atoms with E-state index in [9.17, 15) is 4.79 Å². The number of methoxy groups -OCH3 is 2. The smallest absolute Gasteiger partial charge is 0.319 e. The molecule has 2 N–H and O–H groups in total. The summed E-state index contributed by atoms with van der Waals surface area (Å²) in [6, 6.07) is 13.5. The van der Waals surface area contributed by atoms with Gasteiger partial charge in [-0.05, 0) is 48.1 Å². The van der Waals surface area contributed by atoms with Crippen LogP contribution in [0.3, 0.4) is 0 Å². The molecule has 1 aliphatic carbocycles. The summed E-state index contributed by atoms with van der Waals surface area (Å²) in [5.74, 6) is 1.69. The molecule has 0 aromatic heterocycles. The maximum Gasteiger partial charge on any atom is 0.319 e. The van der Waals surface area contributed by atoms with E-state index in [1.807, 2.05) is 42.5 Å². The van der Waals surface area contributed by atoms with E-state index in [1.165, 1.54) is 0 Å². The maximum absolute atomic E-state index is 12.6. The summed E-state index contributed by atoms with van der Waals surface area (Å²) in [5, 5.41) is 6.14. The molecule has 26 heavy (non-hydrogen) atoms. The van der Waals surface area contributed by atoms with E-state index in [0.29, 0.717) is 17.4 Å². The monoisotopic (exact) mass is 354 g/mol. The Morgan fingerprint density at radius 2 is 1.73 bits per heavy atom. The van der Waals surface area contributed by atoms with Crippen LogP contribution in [0.15, 0.2) is 42.5 Å². The molecule has 138 valence electrons. The lowest BCUT2D eigenvalue weighted by atomic mass is 10.0. The zero-order valence-electron chi connectivity index (χ0n) is 15.8. The Bertz CT molecular complexity index is 798. The summed E-state index contributed by atoms with van der Waals surface area (Å²) in [6.45, 7) is 4.23. The summed E-state index contributed by atoms with van der Waals surface area (Å²) >= 11 is 0. The second kappa shape index (κ2) is 7.28. The van der Waals surface area contributed by atoms with Gasteiger partial charge in [0, 0.05) is 5.69 Å². The van der Waals surface area contributed by atoms with Crippen LogP contribution in [0.1, 0.15) is 43.7 Å². The predicted molar refractivity (Wildman–Crippen MR) is 103 cm³/mol.